The SMILES string of the molecule is O=C(NO)c1ccc2c(c1)N(Cc1ccccc1CS(=O)O)CCO2. The van der Waals surface area contributed by atoms with Crippen molar-refractivity contribution in [1.29, 1.82) is 0 Å². The van der Waals surface area contributed by atoms with E-state index < -0.39 is 17.0 Å². The highest BCUT2D eigenvalue weighted by Crippen LogP contribution is 2.34. The van der Waals surface area contributed by atoms with Crippen LogP contribution in [0, 0.1) is 0 Å². The Morgan fingerprint density at radius 3 is 2.72 bits per heavy atom. The summed E-state index contributed by atoms with van der Waals surface area (Å²) < 4.78 is 26.0. The van der Waals surface area contributed by atoms with Crippen LogP contribution < -0.4 is 15.1 Å². The van der Waals surface area contributed by atoms with Crippen LogP contribution in [0.25, 0.3) is 0 Å². The Bertz CT molecular complexity index is 811. The van der Waals surface area contributed by atoms with E-state index in [1.807, 2.05) is 29.2 Å². The summed E-state index contributed by atoms with van der Waals surface area (Å²) in [6.45, 7) is 1.65. The number of carbonyl (C=O) groups excluding carboxylic acids is 1. The first-order valence-electron chi connectivity index (χ1n) is 7.69. The number of rotatable bonds is 5. The molecular formula is C17H18N2O5S. The van der Waals surface area contributed by atoms with Gasteiger partial charge in [-0.25, -0.2) is 9.69 Å². The molecule has 25 heavy (non-hydrogen) atoms. The molecule has 2 aromatic rings. The number of amides is 1. The third kappa shape index (κ3) is 3.98. The Morgan fingerprint density at radius 2 is 2.00 bits per heavy atom. The smallest absolute Gasteiger partial charge is 0.274 e. The minimum Gasteiger partial charge on any atom is -0.490 e. The molecule has 0 spiro atoms. The van der Waals surface area contributed by atoms with Crippen LogP contribution in [0.1, 0.15) is 21.5 Å². The summed E-state index contributed by atoms with van der Waals surface area (Å²) in [5, 5.41) is 8.82. The molecule has 132 valence electrons. The molecule has 1 amide bonds. The molecule has 0 aliphatic carbocycles. The Morgan fingerprint density at radius 1 is 1.24 bits per heavy atom. The van der Waals surface area contributed by atoms with E-state index in [-0.39, 0.29) is 5.75 Å². The molecule has 0 radical (unpaired) electrons. The third-order valence-corrected chi connectivity index (χ3v) is 4.60. The Hall–Kier alpha value is -2.42. The number of hydroxylamine groups is 1. The zero-order valence-corrected chi connectivity index (χ0v) is 14.2. The van der Waals surface area contributed by atoms with E-state index in [4.69, 9.17) is 9.94 Å². The first-order valence-corrected chi connectivity index (χ1v) is 8.96. The lowest BCUT2D eigenvalue weighted by Gasteiger charge is -2.32. The van der Waals surface area contributed by atoms with Crippen molar-refractivity contribution in [3.05, 3.63) is 59.2 Å². The molecule has 0 fully saturated rings. The van der Waals surface area contributed by atoms with Crippen LogP contribution >= 0.6 is 0 Å². The Kier molecular flexibility index (Phi) is 5.32. The van der Waals surface area contributed by atoms with Crippen LogP contribution in [-0.2, 0) is 23.4 Å². The van der Waals surface area contributed by atoms with Crippen LogP contribution in [0.3, 0.4) is 0 Å². The van der Waals surface area contributed by atoms with Crippen molar-refractivity contribution in [3.8, 4) is 5.75 Å². The summed E-state index contributed by atoms with van der Waals surface area (Å²) >= 11 is -1.91. The van der Waals surface area contributed by atoms with Crippen LogP contribution in [-0.4, -0.2) is 33.0 Å². The second kappa shape index (κ2) is 7.64. The fourth-order valence-corrected chi connectivity index (χ4v) is 3.38. The van der Waals surface area contributed by atoms with E-state index in [0.717, 1.165) is 16.8 Å². The fourth-order valence-electron chi connectivity index (χ4n) is 2.83. The van der Waals surface area contributed by atoms with Gasteiger partial charge in [-0.3, -0.25) is 10.0 Å². The molecular weight excluding hydrogens is 344 g/mol. The van der Waals surface area contributed by atoms with Crippen molar-refractivity contribution in [2.24, 2.45) is 0 Å². The summed E-state index contributed by atoms with van der Waals surface area (Å²) in [5.74, 6) is 0.133. The van der Waals surface area contributed by atoms with Crippen LogP contribution in [0.5, 0.6) is 5.75 Å². The molecule has 3 N–H and O–H groups in total. The van der Waals surface area contributed by atoms with Crippen molar-refractivity contribution in [2.45, 2.75) is 12.3 Å². The molecule has 1 heterocycles. The van der Waals surface area contributed by atoms with Gasteiger partial charge in [0.05, 0.1) is 18.0 Å². The number of hydrogen-bond acceptors (Lipinski definition) is 5. The molecule has 0 saturated carbocycles. The summed E-state index contributed by atoms with van der Waals surface area (Å²) in [4.78, 5) is 13.7. The second-order valence-electron chi connectivity index (χ2n) is 5.63. The predicted molar refractivity (Wildman–Crippen MR) is 93.2 cm³/mol. The van der Waals surface area contributed by atoms with Crippen molar-refractivity contribution >= 4 is 22.7 Å². The molecule has 1 unspecified atom stereocenters. The summed E-state index contributed by atoms with van der Waals surface area (Å²) in [5.41, 5.74) is 4.43. The number of benzene rings is 2. The van der Waals surface area contributed by atoms with Gasteiger partial charge in [0.2, 0.25) is 0 Å². The normalized spacial score (nSPS) is 14.4. The van der Waals surface area contributed by atoms with Gasteiger partial charge in [0.15, 0.2) is 11.1 Å². The zero-order chi connectivity index (χ0) is 17.8. The first kappa shape index (κ1) is 17.4. The highest BCUT2D eigenvalue weighted by Gasteiger charge is 2.21. The molecule has 0 bridgehead atoms. The van der Waals surface area contributed by atoms with E-state index in [1.165, 1.54) is 0 Å². The minimum absolute atomic E-state index is 0.0698. The first-order chi connectivity index (χ1) is 12.1. The number of nitrogens with zero attached hydrogens (tertiary/aromatic N) is 1. The number of carbonyl (C=O) groups is 1. The van der Waals surface area contributed by atoms with Gasteiger partial charge >= 0.3 is 0 Å². The van der Waals surface area contributed by atoms with Gasteiger partial charge < -0.3 is 14.2 Å². The fraction of sp³-hybridized carbons (Fsp3) is 0.235. The van der Waals surface area contributed by atoms with Crippen LogP contribution in [0.2, 0.25) is 0 Å². The molecule has 3 rings (SSSR count). The maximum atomic E-state index is 11.7. The van der Waals surface area contributed by atoms with Gasteiger partial charge in [0.25, 0.3) is 5.91 Å². The molecule has 0 aromatic heterocycles. The number of nitrogens with one attached hydrogen (secondary N) is 1. The van der Waals surface area contributed by atoms with E-state index in [2.05, 4.69) is 0 Å². The van der Waals surface area contributed by atoms with Crippen molar-refractivity contribution in [1.82, 2.24) is 5.48 Å². The summed E-state index contributed by atoms with van der Waals surface area (Å²) in [7, 11) is 0. The van der Waals surface area contributed by atoms with E-state index in [1.54, 1.807) is 23.7 Å². The third-order valence-electron chi connectivity index (χ3n) is 4.04. The molecule has 0 saturated heterocycles. The van der Waals surface area contributed by atoms with Crippen molar-refractivity contribution < 1.29 is 23.5 Å². The van der Waals surface area contributed by atoms with Crippen molar-refractivity contribution in [3.63, 3.8) is 0 Å². The van der Waals surface area contributed by atoms with Gasteiger partial charge in [0.1, 0.15) is 12.4 Å². The van der Waals surface area contributed by atoms with Gasteiger partial charge in [-0.1, -0.05) is 24.3 Å². The number of hydrogen-bond donors (Lipinski definition) is 3. The van der Waals surface area contributed by atoms with E-state index >= 15 is 0 Å². The van der Waals surface area contributed by atoms with E-state index in [9.17, 15) is 13.6 Å². The summed E-state index contributed by atoms with van der Waals surface area (Å²) in [6, 6.07) is 12.4. The predicted octanol–water partition coefficient (Wildman–Crippen LogP) is 1.93. The lowest BCUT2D eigenvalue weighted by molar-refractivity contribution is 0.0706. The summed E-state index contributed by atoms with van der Waals surface area (Å²) in [6.07, 6.45) is 0. The maximum absolute atomic E-state index is 11.7. The Labute approximate surface area is 147 Å². The van der Waals surface area contributed by atoms with Crippen LogP contribution in [0.15, 0.2) is 42.5 Å². The van der Waals surface area contributed by atoms with Gasteiger partial charge in [0, 0.05) is 12.1 Å². The number of ether oxygens (including phenoxy) is 1. The molecule has 1 aliphatic rings. The number of anilines is 1. The lowest BCUT2D eigenvalue weighted by atomic mass is 10.1. The number of fused-ring (bicyclic) bond motifs is 1. The van der Waals surface area contributed by atoms with Gasteiger partial charge in [-0.05, 0) is 29.3 Å². The standard InChI is InChI=1S/C17H18N2O5S/c20-17(18-21)12-5-6-16-15(9-12)19(7-8-24-16)10-13-3-1-2-4-14(13)11-25(22)23/h1-6,9,21H,7-8,10-11H2,(H,18,20)(H,22,23). The van der Waals surface area contributed by atoms with Crippen LogP contribution in [0.4, 0.5) is 5.69 Å². The molecule has 1 aliphatic heterocycles. The largest absolute Gasteiger partial charge is 0.490 e. The topological polar surface area (TPSA) is 99.1 Å². The maximum Gasteiger partial charge on any atom is 0.274 e. The highest BCUT2D eigenvalue weighted by atomic mass is 32.2. The molecule has 8 heteroatoms. The Balaban J connectivity index is 1.91. The van der Waals surface area contributed by atoms with Gasteiger partial charge in [-0.2, -0.15) is 0 Å². The van der Waals surface area contributed by atoms with E-state index in [0.29, 0.717) is 31.0 Å². The quantitative estimate of drug-likeness (QED) is 0.427. The minimum atomic E-state index is -1.91. The zero-order valence-electron chi connectivity index (χ0n) is 13.3. The molecule has 7 nitrogen and oxygen atoms in total. The average molecular weight is 362 g/mol. The second-order valence-corrected chi connectivity index (χ2v) is 6.56. The lowest BCUT2D eigenvalue weighted by Crippen LogP contribution is -2.33. The van der Waals surface area contributed by atoms with Gasteiger partial charge in [-0.15, -0.1) is 0 Å². The highest BCUT2D eigenvalue weighted by molar-refractivity contribution is 7.78. The molecule has 2 aromatic carbocycles. The molecule has 1 atom stereocenters. The van der Waals surface area contributed by atoms with Crippen molar-refractivity contribution in [2.75, 3.05) is 18.1 Å². The monoisotopic (exact) mass is 362 g/mol. The average Bonchev–Trinajstić information content (AvgIpc) is 2.62.